The molecule has 0 atom stereocenters. The molecule has 3 rings (SSSR count). The van der Waals surface area contributed by atoms with Crippen LogP contribution < -0.4 is 15.4 Å². The molecule has 1 heterocycles. The minimum absolute atomic E-state index is 0.329. The molecule has 1 aliphatic rings. The molecule has 1 aromatic heterocycles. The average Bonchev–Trinajstić information content (AvgIpc) is 3.43. The monoisotopic (exact) mass is 416 g/mol. The lowest BCUT2D eigenvalue weighted by Gasteiger charge is -2.29. The topological polar surface area (TPSA) is 67.8 Å². The van der Waals surface area contributed by atoms with Crippen LogP contribution in [0.3, 0.4) is 0 Å². The molecule has 6 nitrogen and oxygen atoms in total. The van der Waals surface area contributed by atoms with Gasteiger partial charge in [-0.3, -0.25) is 4.99 Å². The van der Waals surface area contributed by atoms with Crippen molar-refractivity contribution in [2.45, 2.75) is 38.6 Å². The molecular formula is C22H32N4O2S. The van der Waals surface area contributed by atoms with Gasteiger partial charge in [0.05, 0.1) is 19.3 Å². The maximum Gasteiger partial charge on any atom is 0.191 e. The largest absolute Gasteiger partial charge is 0.497 e. The van der Waals surface area contributed by atoms with Gasteiger partial charge in [-0.15, -0.1) is 11.3 Å². The van der Waals surface area contributed by atoms with Gasteiger partial charge in [0.1, 0.15) is 10.8 Å². The van der Waals surface area contributed by atoms with Crippen LogP contribution in [0.4, 0.5) is 0 Å². The Morgan fingerprint density at radius 3 is 2.59 bits per heavy atom. The summed E-state index contributed by atoms with van der Waals surface area (Å²) in [5.74, 6) is 1.68. The molecular weight excluding hydrogens is 384 g/mol. The van der Waals surface area contributed by atoms with Crippen molar-refractivity contribution in [3.05, 3.63) is 35.3 Å². The van der Waals surface area contributed by atoms with Crippen molar-refractivity contribution in [1.82, 2.24) is 15.6 Å². The molecule has 1 fully saturated rings. The molecule has 0 unspecified atom stereocenters. The van der Waals surface area contributed by atoms with Gasteiger partial charge < -0.3 is 20.1 Å². The molecule has 7 heteroatoms. The second kappa shape index (κ2) is 10.6. The summed E-state index contributed by atoms with van der Waals surface area (Å²) in [5, 5.41) is 10.0. The number of aliphatic imine (C=N–C) groups is 1. The van der Waals surface area contributed by atoms with Gasteiger partial charge >= 0.3 is 0 Å². The molecule has 0 aliphatic heterocycles. The smallest absolute Gasteiger partial charge is 0.191 e. The molecule has 1 aromatic carbocycles. The molecule has 2 aromatic rings. The fourth-order valence-corrected chi connectivity index (χ4v) is 4.71. The second-order valence-electron chi connectivity index (χ2n) is 7.60. The lowest BCUT2D eigenvalue weighted by Crippen LogP contribution is -2.43. The highest BCUT2D eigenvalue weighted by atomic mass is 32.1. The van der Waals surface area contributed by atoms with E-state index >= 15 is 0 Å². The zero-order chi connectivity index (χ0) is 20.5. The summed E-state index contributed by atoms with van der Waals surface area (Å²) in [6.45, 7) is 2.41. The molecule has 0 amide bonds. The Morgan fingerprint density at radius 1 is 1.17 bits per heavy atom. The molecule has 0 bridgehead atoms. The lowest BCUT2D eigenvalue weighted by molar-refractivity contribution is 0.138. The number of ether oxygens (including phenoxy) is 2. The number of rotatable bonds is 9. The molecule has 29 heavy (non-hydrogen) atoms. The van der Waals surface area contributed by atoms with Crippen molar-refractivity contribution in [3.63, 3.8) is 0 Å². The van der Waals surface area contributed by atoms with E-state index in [0.717, 1.165) is 47.5 Å². The number of aromatic nitrogens is 1. The Balaban J connectivity index is 1.52. The molecule has 1 saturated carbocycles. The molecule has 1 aliphatic carbocycles. The van der Waals surface area contributed by atoms with Crippen molar-refractivity contribution in [3.8, 4) is 16.3 Å². The van der Waals surface area contributed by atoms with Crippen LogP contribution in [-0.2, 0) is 11.3 Å². The van der Waals surface area contributed by atoms with Gasteiger partial charge in [-0.2, -0.15) is 0 Å². The fraction of sp³-hybridized carbons (Fsp3) is 0.545. The second-order valence-corrected chi connectivity index (χ2v) is 8.46. The van der Waals surface area contributed by atoms with Gasteiger partial charge in [-0.25, -0.2) is 4.98 Å². The Kier molecular flexibility index (Phi) is 7.89. The molecule has 0 radical (unpaired) electrons. The van der Waals surface area contributed by atoms with Crippen LogP contribution in [0.1, 0.15) is 37.8 Å². The van der Waals surface area contributed by atoms with Crippen molar-refractivity contribution in [2.75, 3.05) is 34.4 Å². The van der Waals surface area contributed by atoms with Crippen LogP contribution in [0.5, 0.6) is 5.75 Å². The minimum atomic E-state index is 0.329. The van der Waals surface area contributed by atoms with Crippen LogP contribution in [0.2, 0.25) is 0 Å². The van der Waals surface area contributed by atoms with Gasteiger partial charge in [-0.05, 0) is 48.9 Å². The third kappa shape index (κ3) is 5.93. The van der Waals surface area contributed by atoms with Gasteiger partial charge in [0.25, 0.3) is 0 Å². The summed E-state index contributed by atoms with van der Waals surface area (Å²) in [6.07, 6.45) is 6.24. The van der Waals surface area contributed by atoms with Gasteiger partial charge in [-0.1, -0.05) is 12.8 Å². The number of methoxy groups -OCH3 is 2. The lowest BCUT2D eigenvalue weighted by atomic mass is 9.83. The first-order valence-corrected chi connectivity index (χ1v) is 11.1. The van der Waals surface area contributed by atoms with Crippen LogP contribution in [-0.4, -0.2) is 45.4 Å². The number of nitrogens with one attached hydrogen (secondary N) is 2. The van der Waals surface area contributed by atoms with E-state index in [4.69, 9.17) is 14.5 Å². The summed E-state index contributed by atoms with van der Waals surface area (Å²) in [6, 6.07) is 8.00. The van der Waals surface area contributed by atoms with Crippen LogP contribution >= 0.6 is 11.3 Å². The minimum Gasteiger partial charge on any atom is -0.497 e. The number of benzene rings is 1. The van der Waals surface area contributed by atoms with Crippen molar-refractivity contribution >= 4 is 17.3 Å². The van der Waals surface area contributed by atoms with E-state index in [1.807, 2.05) is 31.3 Å². The normalized spacial score (nSPS) is 16.0. The van der Waals surface area contributed by atoms with E-state index in [1.54, 1.807) is 25.6 Å². The van der Waals surface area contributed by atoms with Gasteiger partial charge in [0, 0.05) is 38.3 Å². The third-order valence-electron chi connectivity index (χ3n) is 5.68. The van der Waals surface area contributed by atoms with E-state index in [0.29, 0.717) is 12.0 Å². The Morgan fingerprint density at radius 2 is 1.93 bits per heavy atom. The zero-order valence-corrected chi connectivity index (χ0v) is 18.5. The molecule has 2 N–H and O–H groups in total. The first-order valence-electron chi connectivity index (χ1n) is 10.2. The SMILES string of the molecule is CN=C(NCc1csc(-c2ccc(OC)cc2)n1)NCC1(CCOC)CCCC1. The number of nitrogens with zero attached hydrogens (tertiary/aromatic N) is 2. The average molecular weight is 417 g/mol. The molecule has 158 valence electrons. The third-order valence-corrected chi connectivity index (χ3v) is 6.62. The number of hydrogen-bond acceptors (Lipinski definition) is 5. The van der Waals surface area contributed by atoms with Crippen LogP contribution in [0, 0.1) is 5.41 Å². The summed E-state index contributed by atoms with van der Waals surface area (Å²) in [7, 11) is 5.27. The van der Waals surface area contributed by atoms with Crippen molar-refractivity contribution in [1.29, 1.82) is 0 Å². The fourth-order valence-electron chi connectivity index (χ4n) is 3.88. The van der Waals surface area contributed by atoms with E-state index in [1.165, 1.54) is 25.7 Å². The molecule has 0 spiro atoms. The Bertz CT molecular complexity index is 782. The number of hydrogen-bond donors (Lipinski definition) is 2. The predicted molar refractivity (Wildman–Crippen MR) is 120 cm³/mol. The quantitative estimate of drug-likeness (QED) is 0.476. The van der Waals surface area contributed by atoms with Crippen molar-refractivity contribution < 1.29 is 9.47 Å². The first kappa shape index (κ1) is 21.6. The highest BCUT2D eigenvalue weighted by Crippen LogP contribution is 2.40. The first-order chi connectivity index (χ1) is 14.2. The van der Waals surface area contributed by atoms with Crippen LogP contribution in [0.25, 0.3) is 10.6 Å². The van der Waals surface area contributed by atoms with Crippen molar-refractivity contribution in [2.24, 2.45) is 10.4 Å². The van der Waals surface area contributed by atoms with Crippen LogP contribution in [0.15, 0.2) is 34.6 Å². The Hall–Kier alpha value is -2.12. The predicted octanol–water partition coefficient (Wildman–Crippen LogP) is 4.08. The maximum atomic E-state index is 5.33. The molecule has 0 saturated heterocycles. The standard InChI is InChI=1S/C22H32N4O2S/c1-23-21(25-16-22(12-13-27-2)10-4-5-11-22)24-14-18-15-29-20(26-18)17-6-8-19(28-3)9-7-17/h6-9,15H,4-5,10-14,16H2,1-3H3,(H2,23,24,25). The highest BCUT2D eigenvalue weighted by molar-refractivity contribution is 7.13. The Labute approximate surface area is 177 Å². The zero-order valence-electron chi connectivity index (χ0n) is 17.7. The number of thiazole rings is 1. The summed E-state index contributed by atoms with van der Waals surface area (Å²) in [4.78, 5) is 9.13. The van der Waals surface area contributed by atoms with E-state index < -0.39 is 0 Å². The summed E-state index contributed by atoms with van der Waals surface area (Å²) >= 11 is 1.65. The van der Waals surface area contributed by atoms with E-state index in [2.05, 4.69) is 21.0 Å². The summed E-state index contributed by atoms with van der Waals surface area (Å²) < 4.78 is 10.6. The van der Waals surface area contributed by atoms with Gasteiger partial charge in [0.2, 0.25) is 0 Å². The maximum absolute atomic E-state index is 5.33. The summed E-state index contributed by atoms with van der Waals surface area (Å²) in [5.41, 5.74) is 2.44. The number of guanidine groups is 1. The van der Waals surface area contributed by atoms with E-state index in [9.17, 15) is 0 Å². The van der Waals surface area contributed by atoms with Gasteiger partial charge in [0.15, 0.2) is 5.96 Å². The van der Waals surface area contributed by atoms with E-state index in [-0.39, 0.29) is 0 Å². The highest BCUT2D eigenvalue weighted by Gasteiger charge is 2.33.